The molecule has 0 aliphatic carbocycles. The fourth-order valence-electron chi connectivity index (χ4n) is 2.48. The van der Waals surface area contributed by atoms with Crippen molar-refractivity contribution < 1.29 is 4.92 Å². The number of hydrogen-bond donors (Lipinski definition) is 2. The van der Waals surface area contributed by atoms with Crippen LogP contribution < -0.4 is 11.2 Å². The molecule has 0 aliphatic heterocycles. The zero-order valence-corrected chi connectivity index (χ0v) is 12.1. The van der Waals surface area contributed by atoms with E-state index in [0.717, 1.165) is 16.5 Å². The molecule has 116 valence electrons. The molecule has 0 saturated heterocycles. The zero-order valence-electron chi connectivity index (χ0n) is 12.1. The van der Waals surface area contributed by atoms with Crippen molar-refractivity contribution in [2.75, 3.05) is 0 Å². The Morgan fingerprint density at radius 1 is 1.17 bits per heavy atom. The second kappa shape index (κ2) is 5.41. The monoisotopic (exact) mass is 312 g/mol. The minimum atomic E-state index is -1.03. The van der Waals surface area contributed by atoms with Gasteiger partial charge in [0.2, 0.25) is 0 Å². The lowest BCUT2D eigenvalue weighted by Crippen LogP contribution is -2.25. The van der Waals surface area contributed by atoms with Gasteiger partial charge in [-0.05, 0) is 12.1 Å². The Hall–Kier alpha value is -3.42. The molecule has 0 amide bonds. The molecule has 0 atom stereocenters. The third kappa shape index (κ3) is 2.57. The number of nitro groups is 1. The number of aromatic nitrogens is 3. The maximum absolute atomic E-state index is 11.6. The van der Waals surface area contributed by atoms with Crippen molar-refractivity contribution in [2.45, 2.75) is 0 Å². The van der Waals surface area contributed by atoms with Gasteiger partial charge in [0.05, 0.1) is 4.92 Å². The highest BCUT2D eigenvalue weighted by atomic mass is 16.6. The molecule has 2 N–H and O–H groups in total. The SMILES string of the molecule is Cn1cc(C=Cc2[nH]c(=O)[nH]c(=O)c2[N+](=O)[O-])c2ccccc21. The van der Waals surface area contributed by atoms with Gasteiger partial charge in [0.1, 0.15) is 5.69 Å². The van der Waals surface area contributed by atoms with Crippen molar-refractivity contribution in [3.8, 4) is 0 Å². The molecule has 2 heterocycles. The summed E-state index contributed by atoms with van der Waals surface area (Å²) < 4.78 is 1.92. The number of H-pyrrole nitrogens is 2. The highest BCUT2D eigenvalue weighted by Crippen LogP contribution is 2.22. The topological polar surface area (TPSA) is 114 Å². The molecule has 23 heavy (non-hydrogen) atoms. The minimum Gasteiger partial charge on any atom is -0.350 e. The first-order valence-electron chi connectivity index (χ1n) is 6.70. The maximum atomic E-state index is 11.6. The van der Waals surface area contributed by atoms with Crippen LogP contribution in [0.25, 0.3) is 23.1 Å². The Morgan fingerprint density at radius 2 is 1.91 bits per heavy atom. The van der Waals surface area contributed by atoms with E-state index in [0.29, 0.717) is 0 Å². The molecule has 8 heteroatoms. The molecule has 0 spiro atoms. The average Bonchev–Trinajstić information content (AvgIpc) is 2.81. The van der Waals surface area contributed by atoms with Crippen LogP contribution in [-0.2, 0) is 7.05 Å². The van der Waals surface area contributed by atoms with Crippen molar-refractivity contribution in [1.82, 2.24) is 14.5 Å². The summed E-state index contributed by atoms with van der Waals surface area (Å²) in [5, 5.41) is 12.0. The summed E-state index contributed by atoms with van der Waals surface area (Å²) >= 11 is 0. The Kier molecular flexibility index (Phi) is 3.41. The molecular weight excluding hydrogens is 300 g/mol. The first kappa shape index (κ1) is 14.5. The minimum absolute atomic E-state index is 0.142. The van der Waals surface area contributed by atoms with Gasteiger partial charge in [-0.1, -0.05) is 24.3 Å². The van der Waals surface area contributed by atoms with Crippen LogP contribution in [-0.4, -0.2) is 19.5 Å². The van der Waals surface area contributed by atoms with E-state index in [1.165, 1.54) is 6.08 Å². The molecular formula is C15H12N4O4. The van der Waals surface area contributed by atoms with Crippen LogP contribution in [0.5, 0.6) is 0 Å². The lowest BCUT2D eigenvalue weighted by Gasteiger charge is -1.96. The van der Waals surface area contributed by atoms with Crippen LogP contribution in [0.3, 0.4) is 0 Å². The number of nitrogens with one attached hydrogen (secondary N) is 2. The lowest BCUT2D eigenvalue weighted by atomic mass is 10.1. The summed E-state index contributed by atoms with van der Waals surface area (Å²) in [5.74, 6) is 0. The molecule has 0 unspecified atom stereocenters. The summed E-state index contributed by atoms with van der Waals surface area (Å²) in [6.45, 7) is 0. The Bertz CT molecular complexity index is 1060. The number of fused-ring (bicyclic) bond motifs is 1. The molecule has 3 rings (SSSR count). The largest absolute Gasteiger partial charge is 0.357 e. The second-order valence-electron chi connectivity index (χ2n) is 4.97. The molecule has 0 aliphatic rings. The summed E-state index contributed by atoms with van der Waals surface area (Å²) in [5.41, 5.74) is -0.841. The second-order valence-corrected chi connectivity index (χ2v) is 4.97. The van der Waals surface area contributed by atoms with Crippen molar-refractivity contribution in [1.29, 1.82) is 0 Å². The van der Waals surface area contributed by atoms with E-state index in [1.807, 2.05) is 47.1 Å². The van der Waals surface area contributed by atoms with Crippen molar-refractivity contribution in [3.63, 3.8) is 0 Å². The normalized spacial score (nSPS) is 11.3. The van der Waals surface area contributed by atoms with Crippen LogP contribution in [0, 0.1) is 10.1 Å². The highest BCUT2D eigenvalue weighted by Gasteiger charge is 2.18. The summed E-state index contributed by atoms with van der Waals surface area (Å²) in [7, 11) is 1.89. The van der Waals surface area contributed by atoms with E-state index in [1.54, 1.807) is 6.08 Å². The van der Waals surface area contributed by atoms with E-state index in [2.05, 4.69) is 4.98 Å². The third-order valence-corrected chi connectivity index (χ3v) is 3.49. The number of hydrogen-bond acceptors (Lipinski definition) is 4. The number of rotatable bonds is 3. The quantitative estimate of drug-likeness (QED) is 0.565. The van der Waals surface area contributed by atoms with Crippen molar-refractivity contribution in [3.05, 3.63) is 72.7 Å². The van der Waals surface area contributed by atoms with Crippen LogP contribution in [0.2, 0.25) is 0 Å². The van der Waals surface area contributed by atoms with Crippen LogP contribution in [0.15, 0.2) is 40.1 Å². The standard InChI is InChI=1S/C15H12N4O4/c1-18-8-9(10-4-2-3-5-12(10)18)6-7-11-13(19(22)23)14(20)17-15(21)16-11/h2-8H,1H3,(H2,16,17,20,21). The first-order valence-corrected chi connectivity index (χ1v) is 6.70. The Morgan fingerprint density at radius 3 is 2.65 bits per heavy atom. The van der Waals surface area contributed by atoms with Gasteiger partial charge in [-0.25, -0.2) is 4.79 Å². The number of benzene rings is 1. The molecule has 0 bridgehead atoms. The van der Waals surface area contributed by atoms with Gasteiger partial charge in [-0.2, -0.15) is 0 Å². The smallest absolute Gasteiger partial charge is 0.350 e. The predicted molar refractivity (Wildman–Crippen MR) is 86.2 cm³/mol. The molecule has 0 fully saturated rings. The van der Waals surface area contributed by atoms with Crippen molar-refractivity contribution >= 4 is 28.7 Å². The number of aryl methyl sites for hydroxylation is 1. The molecule has 3 aromatic rings. The van der Waals surface area contributed by atoms with E-state index >= 15 is 0 Å². The van der Waals surface area contributed by atoms with Gasteiger partial charge in [0.15, 0.2) is 0 Å². The molecule has 2 aromatic heterocycles. The molecule has 1 aromatic carbocycles. The Balaban J connectivity index is 2.15. The van der Waals surface area contributed by atoms with Crippen molar-refractivity contribution in [2.24, 2.45) is 7.05 Å². The summed E-state index contributed by atoms with van der Waals surface area (Å²) in [4.78, 5) is 37.2. The third-order valence-electron chi connectivity index (χ3n) is 3.49. The molecule has 0 radical (unpaired) electrons. The molecule has 0 saturated carbocycles. The maximum Gasteiger partial charge on any atom is 0.357 e. The van der Waals surface area contributed by atoms with Crippen LogP contribution in [0.1, 0.15) is 11.3 Å². The van der Waals surface area contributed by atoms with Gasteiger partial charge in [0.25, 0.3) is 0 Å². The van der Waals surface area contributed by atoms with Gasteiger partial charge < -0.3 is 9.55 Å². The van der Waals surface area contributed by atoms with E-state index in [9.17, 15) is 19.7 Å². The average molecular weight is 312 g/mol. The fraction of sp³-hybridized carbons (Fsp3) is 0.0667. The summed E-state index contributed by atoms with van der Waals surface area (Å²) in [6.07, 6.45) is 4.84. The van der Waals surface area contributed by atoms with Crippen LogP contribution >= 0.6 is 0 Å². The van der Waals surface area contributed by atoms with E-state index in [4.69, 9.17) is 0 Å². The number of para-hydroxylation sites is 1. The van der Waals surface area contributed by atoms with E-state index < -0.39 is 21.9 Å². The van der Waals surface area contributed by atoms with Gasteiger partial charge in [0, 0.05) is 29.7 Å². The lowest BCUT2D eigenvalue weighted by molar-refractivity contribution is -0.386. The number of aromatic amines is 2. The number of nitrogens with zero attached hydrogens (tertiary/aromatic N) is 2. The highest BCUT2D eigenvalue weighted by molar-refractivity contribution is 5.92. The zero-order chi connectivity index (χ0) is 16.6. The Labute approximate surface area is 128 Å². The first-order chi connectivity index (χ1) is 11.0. The molecule has 8 nitrogen and oxygen atoms in total. The summed E-state index contributed by atoms with van der Waals surface area (Å²) in [6, 6.07) is 7.67. The van der Waals surface area contributed by atoms with Crippen LogP contribution in [0.4, 0.5) is 5.69 Å². The van der Waals surface area contributed by atoms with E-state index in [-0.39, 0.29) is 5.69 Å². The van der Waals surface area contributed by atoms with Gasteiger partial charge in [-0.3, -0.25) is 19.9 Å². The fourth-order valence-corrected chi connectivity index (χ4v) is 2.48. The van der Waals surface area contributed by atoms with Gasteiger partial charge >= 0.3 is 16.9 Å². The predicted octanol–water partition coefficient (Wildman–Crippen LogP) is 1.63. The van der Waals surface area contributed by atoms with Gasteiger partial charge in [-0.15, -0.1) is 0 Å².